The van der Waals surface area contributed by atoms with E-state index in [1.807, 2.05) is 19.1 Å². The lowest BCUT2D eigenvalue weighted by Crippen LogP contribution is -2.01. The Bertz CT molecular complexity index is 573. The summed E-state index contributed by atoms with van der Waals surface area (Å²) in [6.07, 6.45) is 1.76. The summed E-state index contributed by atoms with van der Waals surface area (Å²) in [6.45, 7) is 4.16. The number of aryl methyl sites for hydroxylation is 2. The summed E-state index contributed by atoms with van der Waals surface area (Å²) in [5.74, 6) is 0.855. The molecule has 0 saturated carbocycles. The minimum atomic E-state index is -0.385. The average molecular weight is 260 g/mol. The molecule has 19 heavy (non-hydrogen) atoms. The first-order chi connectivity index (χ1) is 9.10. The summed E-state index contributed by atoms with van der Waals surface area (Å²) in [4.78, 5) is 15.6. The van der Waals surface area contributed by atoms with Crippen LogP contribution in [0.5, 0.6) is 0 Å². The van der Waals surface area contributed by atoms with Crippen LogP contribution >= 0.6 is 0 Å². The second-order valence-electron chi connectivity index (χ2n) is 4.22. The number of rotatable bonds is 4. The van der Waals surface area contributed by atoms with Gasteiger partial charge < -0.3 is 14.5 Å². The van der Waals surface area contributed by atoms with Crippen LogP contribution in [-0.2, 0) is 11.3 Å². The summed E-state index contributed by atoms with van der Waals surface area (Å²) >= 11 is 0. The first kappa shape index (κ1) is 13.1. The van der Waals surface area contributed by atoms with Crippen LogP contribution < -0.4 is 5.32 Å². The number of carbonyl (C=O) groups is 1. The first-order valence-corrected chi connectivity index (χ1v) is 5.94. The van der Waals surface area contributed by atoms with Gasteiger partial charge in [0.1, 0.15) is 17.1 Å². The van der Waals surface area contributed by atoms with E-state index in [0.717, 1.165) is 11.4 Å². The zero-order chi connectivity index (χ0) is 13.8. The lowest BCUT2D eigenvalue weighted by Gasteiger charge is -2.03. The summed E-state index contributed by atoms with van der Waals surface area (Å²) in [6, 6.07) is 5.56. The predicted molar refractivity (Wildman–Crippen MR) is 71.1 cm³/mol. The topological polar surface area (TPSA) is 64.4 Å². The second-order valence-corrected chi connectivity index (χ2v) is 4.22. The summed E-state index contributed by atoms with van der Waals surface area (Å²) < 4.78 is 10.2. The third-order valence-corrected chi connectivity index (χ3v) is 2.75. The van der Waals surface area contributed by atoms with Crippen molar-refractivity contribution in [3.63, 3.8) is 0 Å². The van der Waals surface area contributed by atoms with E-state index in [1.165, 1.54) is 7.11 Å². The Labute approximate surface area is 111 Å². The number of carbonyl (C=O) groups excluding carboxylic acids is 1. The van der Waals surface area contributed by atoms with Crippen LogP contribution in [0.15, 0.2) is 28.8 Å². The Morgan fingerprint density at radius 1 is 1.42 bits per heavy atom. The van der Waals surface area contributed by atoms with Gasteiger partial charge >= 0.3 is 5.97 Å². The molecule has 2 aromatic heterocycles. The summed E-state index contributed by atoms with van der Waals surface area (Å²) in [7, 11) is 1.35. The van der Waals surface area contributed by atoms with Crippen LogP contribution in [0.4, 0.5) is 5.69 Å². The fourth-order valence-corrected chi connectivity index (χ4v) is 1.70. The normalized spacial score (nSPS) is 10.3. The number of anilines is 1. The van der Waals surface area contributed by atoms with E-state index in [0.29, 0.717) is 23.6 Å². The van der Waals surface area contributed by atoms with Gasteiger partial charge in [0, 0.05) is 5.69 Å². The molecule has 0 saturated heterocycles. The highest BCUT2D eigenvalue weighted by atomic mass is 16.5. The molecular weight excluding hydrogens is 244 g/mol. The molecule has 0 fully saturated rings. The number of hydrogen-bond acceptors (Lipinski definition) is 5. The number of furan rings is 1. The van der Waals surface area contributed by atoms with E-state index in [-0.39, 0.29) is 5.97 Å². The molecule has 2 aromatic rings. The van der Waals surface area contributed by atoms with Gasteiger partial charge in [-0.05, 0) is 32.0 Å². The third kappa shape index (κ3) is 3.13. The zero-order valence-electron chi connectivity index (χ0n) is 11.2. The molecule has 0 spiro atoms. The number of aromatic nitrogens is 1. The molecule has 0 aliphatic carbocycles. The van der Waals surface area contributed by atoms with Gasteiger partial charge in [-0.3, -0.25) is 4.98 Å². The van der Waals surface area contributed by atoms with E-state index in [2.05, 4.69) is 15.0 Å². The minimum absolute atomic E-state index is 0.385. The van der Waals surface area contributed by atoms with E-state index in [1.54, 1.807) is 19.2 Å². The van der Waals surface area contributed by atoms with Crippen LogP contribution in [0.3, 0.4) is 0 Å². The Balaban J connectivity index is 2.04. The quantitative estimate of drug-likeness (QED) is 0.856. The van der Waals surface area contributed by atoms with Crippen molar-refractivity contribution in [2.24, 2.45) is 0 Å². The maximum Gasteiger partial charge on any atom is 0.341 e. The van der Waals surface area contributed by atoms with Crippen LogP contribution in [0, 0.1) is 13.8 Å². The SMILES string of the molecule is COC(=O)c1cc(CNc2ccc(C)nc2)oc1C. The fraction of sp³-hybridized carbons (Fsp3) is 0.286. The van der Waals surface area contributed by atoms with E-state index < -0.39 is 0 Å². The van der Waals surface area contributed by atoms with Gasteiger partial charge in [0.2, 0.25) is 0 Å². The first-order valence-electron chi connectivity index (χ1n) is 5.94. The van der Waals surface area contributed by atoms with Crippen molar-refractivity contribution >= 4 is 11.7 Å². The molecule has 0 bridgehead atoms. The third-order valence-electron chi connectivity index (χ3n) is 2.75. The standard InChI is InChI=1S/C14H16N2O3/c1-9-4-5-11(7-15-9)16-8-12-6-13(10(2)19-12)14(17)18-3/h4-7,16H,8H2,1-3H3. The minimum Gasteiger partial charge on any atom is -0.465 e. The molecule has 2 heterocycles. The Morgan fingerprint density at radius 2 is 2.21 bits per heavy atom. The van der Waals surface area contributed by atoms with Crippen molar-refractivity contribution in [2.75, 3.05) is 12.4 Å². The largest absolute Gasteiger partial charge is 0.465 e. The van der Waals surface area contributed by atoms with E-state index in [4.69, 9.17) is 4.42 Å². The van der Waals surface area contributed by atoms with Crippen molar-refractivity contribution in [1.82, 2.24) is 4.98 Å². The Morgan fingerprint density at radius 3 is 2.84 bits per heavy atom. The highest BCUT2D eigenvalue weighted by Crippen LogP contribution is 2.17. The Hall–Kier alpha value is -2.30. The van der Waals surface area contributed by atoms with E-state index in [9.17, 15) is 4.79 Å². The average Bonchev–Trinajstić information content (AvgIpc) is 2.78. The summed E-state index contributed by atoms with van der Waals surface area (Å²) in [5, 5.41) is 3.18. The molecule has 0 radical (unpaired) electrons. The van der Waals surface area contributed by atoms with Crippen LogP contribution in [0.1, 0.15) is 27.6 Å². The molecule has 5 heteroatoms. The highest BCUT2D eigenvalue weighted by molar-refractivity contribution is 5.90. The lowest BCUT2D eigenvalue weighted by atomic mass is 10.2. The second kappa shape index (κ2) is 5.56. The molecule has 2 rings (SSSR count). The smallest absolute Gasteiger partial charge is 0.341 e. The molecule has 0 amide bonds. The van der Waals surface area contributed by atoms with Crippen LogP contribution in [0.25, 0.3) is 0 Å². The number of nitrogens with zero attached hydrogens (tertiary/aromatic N) is 1. The number of methoxy groups -OCH3 is 1. The van der Waals surface area contributed by atoms with E-state index >= 15 is 0 Å². The fourth-order valence-electron chi connectivity index (χ4n) is 1.70. The lowest BCUT2D eigenvalue weighted by molar-refractivity contribution is 0.0599. The molecular formula is C14H16N2O3. The predicted octanol–water partition coefficient (Wildman–Crippen LogP) is 2.69. The number of ether oxygens (including phenoxy) is 1. The monoisotopic (exact) mass is 260 g/mol. The van der Waals surface area contributed by atoms with Crippen molar-refractivity contribution in [1.29, 1.82) is 0 Å². The van der Waals surface area contributed by atoms with Crippen molar-refractivity contribution in [3.8, 4) is 0 Å². The molecule has 0 aromatic carbocycles. The molecule has 0 atom stereocenters. The van der Waals surface area contributed by atoms with Gasteiger partial charge in [0.15, 0.2) is 0 Å². The van der Waals surface area contributed by atoms with Gasteiger partial charge in [0.25, 0.3) is 0 Å². The summed E-state index contributed by atoms with van der Waals surface area (Å²) in [5.41, 5.74) is 2.33. The molecule has 100 valence electrons. The number of hydrogen-bond donors (Lipinski definition) is 1. The molecule has 0 aliphatic heterocycles. The van der Waals surface area contributed by atoms with Gasteiger partial charge in [-0.25, -0.2) is 4.79 Å². The highest BCUT2D eigenvalue weighted by Gasteiger charge is 2.14. The zero-order valence-corrected chi connectivity index (χ0v) is 11.2. The van der Waals surface area contributed by atoms with Gasteiger partial charge in [-0.1, -0.05) is 0 Å². The van der Waals surface area contributed by atoms with Crippen LogP contribution in [0.2, 0.25) is 0 Å². The molecule has 5 nitrogen and oxygen atoms in total. The number of esters is 1. The maximum atomic E-state index is 11.4. The maximum absolute atomic E-state index is 11.4. The van der Waals surface area contributed by atoms with Gasteiger partial charge in [-0.2, -0.15) is 0 Å². The Kier molecular flexibility index (Phi) is 3.85. The number of pyridine rings is 1. The van der Waals surface area contributed by atoms with Crippen molar-refractivity contribution < 1.29 is 13.9 Å². The molecule has 0 unspecified atom stereocenters. The van der Waals surface area contributed by atoms with Crippen LogP contribution in [-0.4, -0.2) is 18.1 Å². The molecule has 1 N–H and O–H groups in total. The van der Waals surface area contributed by atoms with Crippen molar-refractivity contribution in [2.45, 2.75) is 20.4 Å². The molecule has 0 aliphatic rings. The van der Waals surface area contributed by atoms with Gasteiger partial charge in [0.05, 0.1) is 25.5 Å². The van der Waals surface area contributed by atoms with Crippen molar-refractivity contribution in [3.05, 3.63) is 47.2 Å². The number of nitrogens with one attached hydrogen (secondary N) is 1. The van der Waals surface area contributed by atoms with Gasteiger partial charge in [-0.15, -0.1) is 0 Å².